The van der Waals surface area contributed by atoms with Crippen LogP contribution >= 0.6 is 0 Å². The predicted molar refractivity (Wildman–Crippen MR) is 141 cm³/mol. The van der Waals surface area contributed by atoms with E-state index in [1.54, 1.807) is 0 Å². The van der Waals surface area contributed by atoms with Gasteiger partial charge in [-0.15, -0.1) is 0 Å². The first-order valence-corrected chi connectivity index (χ1v) is 16.7. The molecule has 0 atom stereocenters. The van der Waals surface area contributed by atoms with Gasteiger partial charge in [0.25, 0.3) is 0 Å². The fourth-order valence-electron chi connectivity index (χ4n) is 5.01. The largest absolute Gasteiger partial charge is 0.432 e. The van der Waals surface area contributed by atoms with Crippen LogP contribution < -0.4 is 0 Å². The van der Waals surface area contributed by atoms with Gasteiger partial charge in [-0.2, -0.15) is 0 Å². The van der Waals surface area contributed by atoms with Crippen LogP contribution in [-0.2, 0) is 21.7 Å². The smallest absolute Gasteiger partial charge is 0.188 e. The third-order valence-corrected chi connectivity index (χ3v) is 11.2. The number of hydrogen-bond acceptors (Lipinski definition) is 4. The first-order chi connectivity index (χ1) is 15.4. The van der Waals surface area contributed by atoms with E-state index in [2.05, 4.69) is 20.8 Å². The van der Waals surface area contributed by atoms with E-state index in [-0.39, 0.29) is 40.0 Å². The van der Waals surface area contributed by atoms with Crippen molar-refractivity contribution in [2.24, 2.45) is 0 Å². The Morgan fingerprint density at radius 3 is 0.818 bits per heavy atom. The van der Waals surface area contributed by atoms with Gasteiger partial charge in [0.1, 0.15) is 0 Å². The molecule has 0 aromatic rings. The molecule has 198 valence electrons. The van der Waals surface area contributed by atoms with Crippen LogP contribution in [0, 0.1) is 0 Å². The van der Waals surface area contributed by atoms with Crippen molar-refractivity contribution in [3.63, 3.8) is 0 Å². The first kappa shape index (κ1) is 35.9. The zero-order valence-corrected chi connectivity index (χ0v) is 24.9. The Balaban J connectivity index is 0. The van der Waals surface area contributed by atoms with Gasteiger partial charge in [0, 0.05) is 21.7 Å². The summed E-state index contributed by atoms with van der Waals surface area (Å²) in [4.78, 5) is 10.2. The van der Waals surface area contributed by atoms with E-state index in [0.717, 1.165) is 75.9 Å². The van der Waals surface area contributed by atoms with Crippen molar-refractivity contribution in [2.75, 3.05) is 0 Å². The van der Waals surface area contributed by atoms with E-state index in [4.69, 9.17) is 15.3 Å². The molecule has 4 nitrogen and oxygen atoms in total. The van der Waals surface area contributed by atoms with Gasteiger partial charge >= 0.3 is 0 Å². The molecule has 0 aromatic heterocycles. The molecule has 3 saturated carbocycles. The molecule has 3 aliphatic carbocycles. The minimum atomic E-state index is -1.75. The van der Waals surface area contributed by atoms with E-state index in [1.807, 2.05) is 0 Å². The number of hydrogen-bond donors (Lipinski definition) is 4. The summed E-state index contributed by atoms with van der Waals surface area (Å²) in [5, 5.41) is 26.7. The van der Waals surface area contributed by atoms with Crippen LogP contribution in [-0.4, -0.2) is 46.7 Å². The molecule has 3 fully saturated rings. The molecule has 0 aliphatic heterocycles. The summed E-state index contributed by atoms with van der Waals surface area (Å²) < 4.78 is 0. The summed E-state index contributed by atoms with van der Waals surface area (Å²) in [6.45, 7) is 6.51. The van der Waals surface area contributed by atoms with Gasteiger partial charge < -0.3 is 20.1 Å². The molecule has 0 bridgehead atoms. The van der Waals surface area contributed by atoms with Gasteiger partial charge in [-0.1, -0.05) is 97.8 Å². The Morgan fingerprint density at radius 2 is 0.697 bits per heavy atom. The van der Waals surface area contributed by atoms with Crippen LogP contribution in [0.4, 0.5) is 0 Å². The average Bonchev–Trinajstić information content (AvgIpc) is 2.77. The molecule has 0 spiro atoms. The van der Waals surface area contributed by atoms with Crippen LogP contribution in [0.1, 0.15) is 136 Å². The summed E-state index contributed by atoms with van der Waals surface area (Å²) in [6.07, 6.45) is 21.2. The average molecular weight is 523 g/mol. The van der Waals surface area contributed by atoms with Crippen molar-refractivity contribution in [1.29, 1.82) is 0 Å². The fraction of sp³-hybridized carbons (Fsp3) is 1.00. The monoisotopic (exact) mass is 522 g/mol. The van der Waals surface area contributed by atoms with Gasteiger partial charge in [-0.05, 0) is 56.7 Å². The Hall–Kier alpha value is 0.771. The standard InChI is InChI=1S/C9H22OSi.3C6H12O.Ti/c1-4-7-11(10,8-5-2)9-6-3;3*7-6-4-2-1-3-5-6;/h10H,4-9H2,1-3H3;3*6-7H,1-5H2;. The number of aliphatic hydroxyl groups excluding tert-OH is 3. The molecule has 0 radical (unpaired) electrons. The van der Waals surface area contributed by atoms with Crippen LogP contribution in [0.2, 0.25) is 18.1 Å². The molecule has 0 heterocycles. The van der Waals surface area contributed by atoms with Gasteiger partial charge in [0.15, 0.2) is 8.32 Å². The SMILES string of the molecule is CCC[Si](O)(CCC)CCC.OC1CCCCC1.OC1CCCCC1.OC1CCCCC1.[Ti]. The van der Waals surface area contributed by atoms with Crippen molar-refractivity contribution in [1.82, 2.24) is 0 Å². The van der Waals surface area contributed by atoms with E-state index >= 15 is 0 Å². The van der Waals surface area contributed by atoms with E-state index in [0.29, 0.717) is 0 Å². The maximum Gasteiger partial charge on any atom is 0.188 e. The topological polar surface area (TPSA) is 80.9 Å². The van der Waals surface area contributed by atoms with Crippen LogP contribution in [0.5, 0.6) is 0 Å². The molecule has 0 aromatic carbocycles. The fourth-order valence-corrected chi connectivity index (χ4v) is 8.56. The summed E-state index contributed by atoms with van der Waals surface area (Å²) in [6, 6.07) is 3.32. The zero-order valence-electron chi connectivity index (χ0n) is 22.4. The van der Waals surface area contributed by atoms with Crippen molar-refractivity contribution in [3.05, 3.63) is 0 Å². The third kappa shape index (κ3) is 22.9. The molecule has 3 aliphatic rings. The summed E-state index contributed by atoms with van der Waals surface area (Å²) in [5.41, 5.74) is 0. The van der Waals surface area contributed by atoms with Gasteiger partial charge in [0.2, 0.25) is 0 Å². The summed E-state index contributed by atoms with van der Waals surface area (Å²) in [7, 11) is -1.75. The molecule has 3 rings (SSSR count). The van der Waals surface area contributed by atoms with Crippen LogP contribution in [0.25, 0.3) is 0 Å². The molecule has 0 amide bonds. The third-order valence-electron chi connectivity index (χ3n) is 6.87. The van der Waals surface area contributed by atoms with Gasteiger partial charge in [0.05, 0.1) is 18.3 Å². The maximum absolute atomic E-state index is 10.2. The van der Waals surface area contributed by atoms with Crippen LogP contribution in [0.3, 0.4) is 0 Å². The molecular weight excluding hydrogens is 464 g/mol. The van der Waals surface area contributed by atoms with Gasteiger partial charge in [-0.3, -0.25) is 0 Å². The predicted octanol–water partition coefficient (Wildman–Crippen LogP) is 7.09. The normalized spacial score (nSPS) is 20.1. The summed E-state index contributed by atoms with van der Waals surface area (Å²) >= 11 is 0. The Morgan fingerprint density at radius 1 is 0.485 bits per heavy atom. The number of aliphatic hydroxyl groups is 3. The number of rotatable bonds is 6. The molecule has 33 heavy (non-hydrogen) atoms. The zero-order chi connectivity index (χ0) is 24.1. The second-order valence-corrected chi connectivity index (χ2v) is 14.3. The molecule has 0 unspecified atom stereocenters. The van der Waals surface area contributed by atoms with Crippen molar-refractivity contribution in [3.8, 4) is 0 Å². The van der Waals surface area contributed by atoms with Crippen molar-refractivity contribution < 1.29 is 41.8 Å². The Labute approximate surface area is 222 Å². The molecule has 6 heteroatoms. The minimum absolute atomic E-state index is 0. The summed E-state index contributed by atoms with van der Waals surface area (Å²) in [5.74, 6) is 0. The van der Waals surface area contributed by atoms with E-state index in [1.165, 1.54) is 57.8 Å². The Bertz CT molecular complexity index is 327. The second kappa shape index (κ2) is 24.5. The first-order valence-electron chi connectivity index (χ1n) is 14.1. The minimum Gasteiger partial charge on any atom is -0.432 e. The maximum atomic E-state index is 10.2. The van der Waals surface area contributed by atoms with Crippen molar-refractivity contribution in [2.45, 2.75) is 173 Å². The van der Waals surface area contributed by atoms with Crippen molar-refractivity contribution >= 4 is 8.32 Å². The second-order valence-electron chi connectivity index (χ2n) is 10.3. The van der Waals surface area contributed by atoms with E-state index in [9.17, 15) is 4.80 Å². The quantitative estimate of drug-likeness (QED) is 0.281. The molecule has 0 saturated heterocycles. The molecule has 4 N–H and O–H groups in total. The van der Waals surface area contributed by atoms with Crippen LogP contribution in [0.15, 0.2) is 0 Å². The van der Waals surface area contributed by atoms with Gasteiger partial charge in [-0.25, -0.2) is 0 Å². The Kier molecular flexibility index (Phi) is 26.6. The van der Waals surface area contributed by atoms with E-state index < -0.39 is 8.32 Å². The molecular formula is C27H58O4SiTi.